The van der Waals surface area contributed by atoms with Crippen LogP contribution in [0.1, 0.15) is 32.1 Å². The average molecular weight is 367 g/mol. The van der Waals surface area contributed by atoms with Crippen molar-refractivity contribution in [3.8, 4) is 0 Å². The molecule has 2 aromatic rings. The van der Waals surface area contributed by atoms with Crippen LogP contribution in [0.5, 0.6) is 0 Å². The van der Waals surface area contributed by atoms with Crippen molar-refractivity contribution in [3.63, 3.8) is 0 Å². The van der Waals surface area contributed by atoms with Crippen LogP contribution in [0, 0.1) is 0 Å². The van der Waals surface area contributed by atoms with Crippen molar-refractivity contribution in [1.82, 2.24) is 10.2 Å². The molecule has 0 atom stereocenters. The summed E-state index contributed by atoms with van der Waals surface area (Å²) in [5.41, 5.74) is 0. The quantitative estimate of drug-likeness (QED) is 0.843. The third-order valence-corrected chi connectivity index (χ3v) is 5.84. The highest BCUT2D eigenvalue weighted by molar-refractivity contribution is 7.92. The molecule has 3 rings (SSSR count). The fraction of sp³-hybridized carbons (Fsp3) is 0.375. The molecule has 1 aromatic carbocycles. The van der Waals surface area contributed by atoms with Gasteiger partial charge in [-0.25, -0.2) is 8.42 Å². The van der Waals surface area contributed by atoms with E-state index in [2.05, 4.69) is 20.2 Å². The zero-order valence-corrected chi connectivity index (χ0v) is 14.6. The minimum absolute atomic E-state index is 0.0119. The number of rotatable bonds is 5. The van der Waals surface area contributed by atoms with Gasteiger partial charge < -0.3 is 5.32 Å². The van der Waals surface area contributed by atoms with Gasteiger partial charge in [0.2, 0.25) is 0 Å². The first-order chi connectivity index (χ1) is 11.5. The fourth-order valence-corrected chi connectivity index (χ4v) is 4.29. The molecule has 24 heavy (non-hydrogen) atoms. The smallest absolute Gasteiger partial charge is 0.264 e. The molecular formula is C16H19ClN4O2S. The Morgan fingerprint density at radius 1 is 0.958 bits per heavy atom. The fourth-order valence-electron chi connectivity index (χ4n) is 2.78. The van der Waals surface area contributed by atoms with E-state index in [1.807, 2.05) is 0 Å². The Hall–Kier alpha value is -1.86. The highest BCUT2D eigenvalue weighted by Gasteiger charge is 2.18. The van der Waals surface area contributed by atoms with Crippen LogP contribution in [0.4, 0.5) is 11.6 Å². The Morgan fingerprint density at radius 2 is 1.62 bits per heavy atom. The first-order valence-electron chi connectivity index (χ1n) is 7.92. The molecule has 1 fully saturated rings. The summed E-state index contributed by atoms with van der Waals surface area (Å²) in [6.07, 6.45) is 5.99. The van der Waals surface area contributed by atoms with Gasteiger partial charge in [-0.1, -0.05) is 43.0 Å². The van der Waals surface area contributed by atoms with Crippen molar-refractivity contribution in [1.29, 1.82) is 0 Å². The Labute approximate surface area is 146 Å². The molecule has 8 heteroatoms. The number of nitrogens with zero attached hydrogens (tertiary/aromatic N) is 2. The summed E-state index contributed by atoms with van der Waals surface area (Å²) in [7, 11) is -3.79. The molecule has 0 saturated heterocycles. The van der Waals surface area contributed by atoms with E-state index >= 15 is 0 Å². The van der Waals surface area contributed by atoms with E-state index in [1.165, 1.54) is 31.4 Å². The van der Waals surface area contributed by atoms with Gasteiger partial charge in [-0.15, -0.1) is 10.2 Å². The molecule has 0 radical (unpaired) electrons. The average Bonchev–Trinajstić information content (AvgIpc) is 2.58. The third-order valence-electron chi connectivity index (χ3n) is 3.99. The van der Waals surface area contributed by atoms with Gasteiger partial charge in [0.1, 0.15) is 10.7 Å². The van der Waals surface area contributed by atoms with Gasteiger partial charge in [0.15, 0.2) is 5.82 Å². The highest BCUT2D eigenvalue weighted by atomic mass is 35.5. The molecule has 1 aliphatic carbocycles. The standard InChI is InChI=1S/C16H19ClN4O2S/c17-13-8-4-5-9-14(13)24(22,23)21-16-11-10-15(19-20-16)18-12-6-2-1-3-7-12/h4-5,8-12H,1-3,6-7H2,(H,18,19)(H,20,21). The molecule has 1 saturated carbocycles. The maximum Gasteiger partial charge on any atom is 0.264 e. The van der Waals surface area contributed by atoms with Gasteiger partial charge in [-0.2, -0.15) is 0 Å². The Kier molecular flexibility index (Phi) is 5.20. The number of hydrogen-bond donors (Lipinski definition) is 2. The maximum atomic E-state index is 12.3. The lowest BCUT2D eigenvalue weighted by Gasteiger charge is -2.22. The second kappa shape index (κ2) is 7.36. The van der Waals surface area contributed by atoms with Crippen LogP contribution in [0.3, 0.4) is 0 Å². The summed E-state index contributed by atoms with van der Waals surface area (Å²) in [6.45, 7) is 0. The van der Waals surface area contributed by atoms with Crippen LogP contribution in [-0.2, 0) is 10.0 Å². The minimum atomic E-state index is -3.79. The van der Waals surface area contributed by atoms with Crippen molar-refractivity contribution in [2.75, 3.05) is 10.0 Å². The Morgan fingerprint density at radius 3 is 2.29 bits per heavy atom. The molecule has 6 nitrogen and oxygen atoms in total. The summed E-state index contributed by atoms with van der Waals surface area (Å²) < 4.78 is 27.1. The lowest BCUT2D eigenvalue weighted by Crippen LogP contribution is -2.23. The van der Waals surface area contributed by atoms with Crippen LogP contribution in [-0.4, -0.2) is 24.7 Å². The topological polar surface area (TPSA) is 84.0 Å². The molecule has 0 amide bonds. The monoisotopic (exact) mass is 366 g/mol. The third kappa shape index (κ3) is 4.15. The van der Waals surface area contributed by atoms with Gasteiger partial charge in [0, 0.05) is 6.04 Å². The van der Waals surface area contributed by atoms with E-state index in [1.54, 1.807) is 24.3 Å². The predicted molar refractivity (Wildman–Crippen MR) is 94.8 cm³/mol. The SMILES string of the molecule is O=S(=O)(Nc1ccc(NC2CCCCC2)nn1)c1ccccc1Cl. The van der Waals surface area contributed by atoms with E-state index in [-0.39, 0.29) is 15.7 Å². The Bertz CT molecular complexity index is 790. The zero-order valence-electron chi connectivity index (χ0n) is 13.1. The van der Waals surface area contributed by atoms with Crippen molar-refractivity contribution >= 4 is 33.3 Å². The van der Waals surface area contributed by atoms with Gasteiger partial charge in [0.25, 0.3) is 10.0 Å². The first kappa shape index (κ1) is 17.0. The molecule has 2 N–H and O–H groups in total. The molecule has 1 aromatic heterocycles. The number of aromatic nitrogens is 2. The second-order valence-electron chi connectivity index (χ2n) is 5.82. The van der Waals surface area contributed by atoms with Crippen molar-refractivity contribution in [2.24, 2.45) is 0 Å². The normalized spacial score (nSPS) is 15.9. The summed E-state index contributed by atoms with van der Waals surface area (Å²) in [5.74, 6) is 0.812. The number of hydrogen-bond acceptors (Lipinski definition) is 5. The maximum absolute atomic E-state index is 12.3. The molecule has 1 aliphatic rings. The molecule has 128 valence electrons. The van der Waals surface area contributed by atoms with Crippen LogP contribution in [0.2, 0.25) is 5.02 Å². The molecule has 1 heterocycles. The lowest BCUT2D eigenvalue weighted by atomic mass is 9.95. The van der Waals surface area contributed by atoms with Crippen LogP contribution >= 0.6 is 11.6 Å². The largest absolute Gasteiger partial charge is 0.366 e. The first-order valence-corrected chi connectivity index (χ1v) is 9.78. The number of halogens is 1. The lowest BCUT2D eigenvalue weighted by molar-refractivity contribution is 0.461. The summed E-state index contributed by atoms with van der Waals surface area (Å²) in [4.78, 5) is 0.0119. The van der Waals surface area contributed by atoms with Crippen molar-refractivity contribution < 1.29 is 8.42 Å². The molecular weight excluding hydrogens is 348 g/mol. The number of benzene rings is 1. The van der Waals surface area contributed by atoms with E-state index in [9.17, 15) is 8.42 Å². The van der Waals surface area contributed by atoms with Crippen LogP contribution in [0.15, 0.2) is 41.3 Å². The van der Waals surface area contributed by atoms with Crippen LogP contribution in [0.25, 0.3) is 0 Å². The highest BCUT2D eigenvalue weighted by Crippen LogP contribution is 2.23. The second-order valence-corrected chi connectivity index (χ2v) is 7.88. The van der Waals surface area contributed by atoms with Gasteiger partial charge in [-0.05, 0) is 37.1 Å². The van der Waals surface area contributed by atoms with Crippen molar-refractivity contribution in [2.45, 2.75) is 43.0 Å². The Balaban J connectivity index is 1.68. The minimum Gasteiger partial charge on any atom is -0.366 e. The molecule has 0 bridgehead atoms. The van der Waals surface area contributed by atoms with E-state index in [4.69, 9.17) is 11.6 Å². The number of anilines is 2. The molecule has 0 unspecified atom stereocenters. The predicted octanol–water partition coefficient (Wildman–Crippen LogP) is 3.68. The summed E-state index contributed by atoms with van der Waals surface area (Å²) in [6, 6.07) is 9.99. The molecule has 0 aliphatic heterocycles. The summed E-state index contributed by atoms with van der Waals surface area (Å²) in [5, 5.41) is 11.5. The summed E-state index contributed by atoms with van der Waals surface area (Å²) >= 11 is 5.94. The number of nitrogens with one attached hydrogen (secondary N) is 2. The van der Waals surface area contributed by atoms with Gasteiger partial charge in [0.05, 0.1) is 5.02 Å². The van der Waals surface area contributed by atoms with E-state index in [0.29, 0.717) is 11.9 Å². The zero-order chi connectivity index (χ0) is 17.0. The van der Waals surface area contributed by atoms with Gasteiger partial charge in [-0.3, -0.25) is 4.72 Å². The van der Waals surface area contributed by atoms with Crippen molar-refractivity contribution in [3.05, 3.63) is 41.4 Å². The van der Waals surface area contributed by atoms with Gasteiger partial charge >= 0.3 is 0 Å². The van der Waals surface area contributed by atoms with E-state index < -0.39 is 10.0 Å². The number of sulfonamides is 1. The van der Waals surface area contributed by atoms with Crippen LogP contribution < -0.4 is 10.0 Å². The molecule has 0 spiro atoms. The van der Waals surface area contributed by atoms with E-state index in [0.717, 1.165) is 12.8 Å².